The van der Waals surface area contributed by atoms with Crippen LogP contribution in [0.15, 0.2) is 16.7 Å². The highest BCUT2D eigenvalue weighted by Crippen LogP contribution is 2.10. The van der Waals surface area contributed by atoms with Crippen LogP contribution in [0.3, 0.4) is 0 Å². The molecule has 0 amide bonds. The Morgan fingerprint density at radius 3 is 2.84 bits per heavy atom. The number of rotatable bonds is 9. The highest BCUT2D eigenvalue weighted by Gasteiger charge is 2.12. The minimum atomic E-state index is -0.941. The molecule has 0 spiro atoms. The van der Waals surface area contributed by atoms with Gasteiger partial charge in [-0.2, -0.15) is 0 Å². The second-order valence-corrected chi connectivity index (χ2v) is 5.02. The maximum atomic E-state index is 10.9. The van der Waals surface area contributed by atoms with Crippen LogP contribution in [0.25, 0.3) is 0 Å². The van der Waals surface area contributed by atoms with E-state index in [2.05, 4.69) is 31.1 Å². The Kier molecular flexibility index (Phi) is 6.59. The summed E-state index contributed by atoms with van der Waals surface area (Å²) in [5.74, 6) is -0.448. The van der Waals surface area contributed by atoms with Crippen LogP contribution in [-0.2, 0) is 6.54 Å². The molecule has 108 valence electrons. The molecule has 0 atom stereocenters. The van der Waals surface area contributed by atoms with E-state index in [4.69, 9.17) is 9.52 Å². The summed E-state index contributed by atoms with van der Waals surface area (Å²) in [6.07, 6.45) is 3.61. The maximum Gasteiger partial charge on any atom is 0.339 e. The van der Waals surface area contributed by atoms with Crippen LogP contribution < -0.4 is 5.32 Å². The van der Waals surface area contributed by atoms with Crippen LogP contribution in [0.4, 0.5) is 0 Å². The molecule has 0 aliphatic carbocycles. The first-order valence-corrected chi connectivity index (χ1v) is 6.73. The van der Waals surface area contributed by atoms with Crippen molar-refractivity contribution in [3.8, 4) is 0 Å². The van der Waals surface area contributed by atoms with Gasteiger partial charge in [0.05, 0.1) is 12.8 Å². The zero-order chi connectivity index (χ0) is 14.3. The number of aromatic carboxylic acids is 1. The van der Waals surface area contributed by atoms with E-state index in [-0.39, 0.29) is 5.56 Å². The Labute approximate surface area is 114 Å². The monoisotopic (exact) mass is 268 g/mol. The van der Waals surface area contributed by atoms with Crippen LogP contribution in [0.5, 0.6) is 0 Å². The van der Waals surface area contributed by atoms with Gasteiger partial charge in [0.25, 0.3) is 0 Å². The van der Waals surface area contributed by atoms with Crippen LogP contribution in [0, 0.1) is 0 Å². The highest BCUT2D eigenvalue weighted by atomic mass is 16.4. The SMILES string of the molecule is CC(C)N(C)CCCCNCc1occc1C(=O)O. The molecule has 1 aromatic rings. The molecule has 5 heteroatoms. The molecule has 0 fully saturated rings. The summed E-state index contributed by atoms with van der Waals surface area (Å²) in [4.78, 5) is 13.2. The first kappa shape index (κ1) is 15.7. The van der Waals surface area contributed by atoms with Gasteiger partial charge in [0.1, 0.15) is 11.3 Å². The average Bonchev–Trinajstić information content (AvgIpc) is 2.81. The Bertz CT molecular complexity index is 388. The minimum Gasteiger partial charge on any atom is -0.478 e. The van der Waals surface area contributed by atoms with Crippen molar-refractivity contribution in [2.24, 2.45) is 0 Å². The molecule has 0 saturated carbocycles. The molecule has 1 rings (SSSR count). The third-order valence-electron chi connectivity index (χ3n) is 3.26. The van der Waals surface area contributed by atoms with Gasteiger partial charge in [-0.3, -0.25) is 0 Å². The lowest BCUT2D eigenvalue weighted by Crippen LogP contribution is -2.27. The molecule has 0 unspecified atom stereocenters. The quantitative estimate of drug-likeness (QED) is 0.672. The first-order chi connectivity index (χ1) is 9.02. The number of furan rings is 1. The maximum absolute atomic E-state index is 10.9. The van der Waals surface area contributed by atoms with Crippen molar-refractivity contribution in [3.63, 3.8) is 0 Å². The number of carboxylic acids is 1. The van der Waals surface area contributed by atoms with Gasteiger partial charge in [0, 0.05) is 6.04 Å². The van der Waals surface area contributed by atoms with Crippen molar-refractivity contribution in [1.29, 1.82) is 0 Å². The summed E-state index contributed by atoms with van der Waals surface area (Å²) in [5, 5.41) is 12.1. The van der Waals surface area contributed by atoms with Gasteiger partial charge in [-0.25, -0.2) is 4.79 Å². The summed E-state index contributed by atoms with van der Waals surface area (Å²) >= 11 is 0. The largest absolute Gasteiger partial charge is 0.478 e. The molecule has 0 aromatic carbocycles. The van der Waals surface area contributed by atoms with Crippen LogP contribution >= 0.6 is 0 Å². The number of nitrogens with one attached hydrogen (secondary N) is 1. The van der Waals surface area contributed by atoms with Crippen LogP contribution in [0.2, 0.25) is 0 Å². The molecule has 1 heterocycles. The molecule has 0 saturated heterocycles. The van der Waals surface area contributed by atoms with Crippen molar-refractivity contribution in [3.05, 3.63) is 23.7 Å². The Hall–Kier alpha value is -1.33. The summed E-state index contributed by atoms with van der Waals surface area (Å²) in [6, 6.07) is 2.06. The van der Waals surface area contributed by atoms with E-state index < -0.39 is 5.97 Å². The predicted octanol–water partition coefficient (Wildman–Crippen LogP) is 2.19. The van der Waals surface area contributed by atoms with E-state index >= 15 is 0 Å². The number of carboxylic acid groups (broad SMARTS) is 1. The summed E-state index contributed by atoms with van der Waals surface area (Å²) in [6.45, 7) is 6.78. The fourth-order valence-corrected chi connectivity index (χ4v) is 1.74. The number of unbranched alkanes of at least 4 members (excludes halogenated alkanes) is 1. The van der Waals surface area contributed by atoms with Crippen LogP contribution in [0.1, 0.15) is 42.8 Å². The second kappa shape index (κ2) is 7.96. The smallest absolute Gasteiger partial charge is 0.339 e. The van der Waals surface area contributed by atoms with Gasteiger partial charge < -0.3 is 19.7 Å². The molecule has 2 N–H and O–H groups in total. The lowest BCUT2D eigenvalue weighted by atomic mass is 10.2. The van der Waals surface area contributed by atoms with Gasteiger partial charge in [0.2, 0.25) is 0 Å². The molecular weight excluding hydrogens is 244 g/mol. The number of hydrogen-bond acceptors (Lipinski definition) is 4. The summed E-state index contributed by atoms with van der Waals surface area (Å²) in [5.41, 5.74) is 0.243. The van der Waals surface area contributed by atoms with E-state index in [0.29, 0.717) is 18.3 Å². The fourth-order valence-electron chi connectivity index (χ4n) is 1.74. The standard InChI is InChI=1S/C14H24N2O3/c1-11(2)16(3)8-5-4-7-15-10-13-12(14(17)18)6-9-19-13/h6,9,11,15H,4-5,7-8,10H2,1-3H3,(H,17,18). The number of carbonyl (C=O) groups is 1. The third-order valence-corrected chi connectivity index (χ3v) is 3.26. The van der Waals surface area contributed by atoms with E-state index in [1.54, 1.807) is 0 Å². The highest BCUT2D eigenvalue weighted by molar-refractivity contribution is 5.88. The van der Waals surface area contributed by atoms with E-state index in [1.165, 1.54) is 12.3 Å². The van der Waals surface area contributed by atoms with E-state index in [0.717, 1.165) is 25.9 Å². The summed E-state index contributed by atoms with van der Waals surface area (Å²) in [7, 11) is 2.13. The van der Waals surface area contributed by atoms with Crippen molar-refractivity contribution < 1.29 is 14.3 Å². The number of nitrogens with zero attached hydrogens (tertiary/aromatic N) is 1. The van der Waals surface area contributed by atoms with E-state index in [9.17, 15) is 4.79 Å². The normalized spacial score (nSPS) is 11.4. The lowest BCUT2D eigenvalue weighted by molar-refractivity contribution is 0.0694. The van der Waals surface area contributed by atoms with Crippen molar-refractivity contribution in [2.75, 3.05) is 20.1 Å². The molecule has 0 aliphatic rings. The minimum absolute atomic E-state index is 0.243. The second-order valence-electron chi connectivity index (χ2n) is 5.02. The van der Waals surface area contributed by atoms with Gasteiger partial charge in [-0.05, 0) is 52.9 Å². The van der Waals surface area contributed by atoms with Crippen molar-refractivity contribution in [1.82, 2.24) is 10.2 Å². The fraction of sp³-hybridized carbons (Fsp3) is 0.643. The summed E-state index contributed by atoms with van der Waals surface area (Å²) < 4.78 is 5.15. The molecule has 0 radical (unpaired) electrons. The van der Waals surface area contributed by atoms with Gasteiger partial charge in [-0.15, -0.1) is 0 Å². The Morgan fingerprint density at radius 1 is 1.47 bits per heavy atom. The number of hydrogen-bond donors (Lipinski definition) is 2. The molecule has 0 aliphatic heterocycles. The molecule has 0 bridgehead atoms. The van der Waals surface area contributed by atoms with Crippen molar-refractivity contribution in [2.45, 2.75) is 39.3 Å². The Balaban J connectivity index is 2.14. The molecular formula is C14H24N2O3. The third kappa shape index (κ3) is 5.44. The topological polar surface area (TPSA) is 65.7 Å². The first-order valence-electron chi connectivity index (χ1n) is 6.73. The zero-order valence-electron chi connectivity index (χ0n) is 12.0. The lowest BCUT2D eigenvalue weighted by Gasteiger charge is -2.20. The van der Waals surface area contributed by atoms with E-state index in [1.807, 2.05) is 0 Å². The van der Waals surface area contributed by atoms with Gasteiger partial charge in [0.15, 0.2) is 0 Å². The molecule has 5 nitrogen and oxygen atoms in total. The average molecular weight is 268 g/mol. The molecule has 19 heavy (non-hydrogen) atoms. The van der Waals surface area contributed by atoms with Crippen LogP contribution in [-0.4, -0.2) is 42.2 Å². The predicted molar refractivity (Wildman–Crippen MR) is 74.4 cm³/mol. The van der Waals surface area contributed by atoms with Gasteiger partial charge in [-0.1, -0.05) is 0 Å². The van der Waals surface area contributed by atoms with Crippen molar-refractivity contribution >= 4 is 5.97 Å². The zero-order valence-corrected chi connectivity index (χ0v) is 12.0. The Morgan fingerprint density at radius 2 is 2.21 bits per heavy atom. The van der Waals surface area contributed by atoms with Gasteiger partial charge >= 0.3 is 5.97 Å². The molecule has 1 aromatic heterocycles.